The number of nitrogens with one attached hydrogen (secondary N) is 2. The number of carbonyl (C=O) groups is 4. The van der Waals surface area contributed by atoms with Crippen LogP contribution in [0.2, 0.25) is 0 Å². The zero-order chi connectivity index (χ0) is 19.6. The van der Waals surface area contributed by atoms with E-state index in [2.05, 4.69) is 10.6 Å². The summed E-state index contributed by atoms with van der Waals surface area (Å²) in [5.74, 6) is -1.53. The standard InChI is InChI=1S/C17H23N3O5S/c1-6-10-9(3)12(14(22)25-7-2)13(26-10)18-11(21)8-20-15(23)17(4,5)19-16(20)24/h6-8H2,1-5H3,(H,18,21)(H,19,24). The van der Waals surface area contributed by atoms with Crippen molar-refractivity contribution in [2.24, 2.45) is 0 Å². The van der Waals surface area contributed by atoms with E-state index in [1.165, 1.54) is 11.3 Å². The molecule has 2 heterocycles. The van der Waals surface area contributed by atoms with Gasteiger partial charge in [0, 0.05) is 4.88 Å². The SMILES string of the molecule is CCOC(=O)c1c(NC(=O)CN2C(=O)NC(C)(C)C2=O)sc(CC)c1C. The highest BCUT2D eigenvalue weighted by Gasteiger charge is 2.45. The van der Waals surface area contributed by atoms with Gasteiger partial charge in [0.2, 0.25) is 5.91 Å². The van der Waals surface area contributed by atoms with E-state index >= 15 is 0 Å². The van der Waals surface area contributed by atoms with E-state index in [0.29, 0.717) is 17.0 Å². The lowest BCUT2D eigenvalue weighted by molar-refractivity contribution is -0.132. The Morgan fingerprint density at radius 1 is 1.27 bits per heavy atom. The van der Waals surface area contributed by atoms with Gasteiger partial charge >= 0.3 is 12.0 Å². The Bertz CT molecular complexity index is 769. The highest BCUT2D eigenvalue weighted by atomic mass is 32.1. The van der Waals surface area contributed by atoms with Gasteiger partial charge in [-0.05, 0) is 39.7 Å². The first kappa shape index (κ1) is 19.9. The third-order valence-corrected chi connectivity index (χ3v) is 5.40. The second-order valence-electron chi connectivity index (χ2n) is 6.42. The summed E-state index contributed by atoms with van der Waals surface area (Å²) in [6.45, 7) is 8.40. The first-order valence-corrected chi connectivity index (χ1v) is 9.17. The number of aryl methyl sites for hydroxylation is 1. The van der Waals surface area contributed by atoms with Crippen molar-refractivity contribution in [2.75, 3.05) is 18.5 Å². The van der Waals surface area contributed by atoms with Crippen molar-refractivity contribution in [3.05, 3.63) is 16.0 Å². The molecule has 9 heteroatoms. The molecule has 2 rings (SSSR count). The highest BCUT2D eigenvalue weighted by Crippen LogP contribution is 2.34. The number of amides is 4. The zero-order valence-electron chi connectivity index (χ0n) is 15.5. The van der Waals surface area contributed by atoms with Gasteiger partial charge in [-0.1, -0.05) is 6.92 Å². The largest absolute Gasteiger partial charge is 0.462 e. The number of nitrogens with zero attached hydrogens (tertiary/aromatic N) is 1. The quantitative estimate of drug-likeness (QED) is 0.580. The van der Waals surface area contributed by atoms with Crippen LogP contribution in [-0.2, 0) is 20.7 Å². The lowest BCUT2D eigenvalue weighted by Crippen LogP contribution is -2.41. The van der Waals surface area contributed by atoms with Crippen molar-refractivity contribution in [1.29, 1.82) is 0 Å². The van der Waals surface area contributed by atoms with Crippen molar-refractivity contribution in [3.63, 3.8) is 0 Å². The van der Waals surface area contributed by atoms with Gasteiger partial charge in [0.05, 0.1) is 12.2 Å². The number of imide groups is 1. The second-order valence-corrected chi connectivity index (χ2v) is 7.53. The van der Waals surface area contributed by atoms with Crippen molar-refractivity contribution >= 4 is 40.2 Å². The minimum absolute atomic E-state index is 0.223. The van der Waals surface area contributed by atoms with Gasteiger partial charge in [-0.2, -0.15) is 0 Å². The number of carbonyl (C=O) groups excluding carboxylic acids is 4. The fourth-order valence-corrected chi connectivity index (χ4v) is 3.86. The Morgan fingerprint density at radius 3 is 2.42 bits per heavy atom. The first-order valence-electron chi connectivity index (χ1n) is 8.35. The summed E-state index contributed by atoms with van der Waals surface area (Å²) in [5.41, 5.74) is 0.0458. The van der Waals surface area contributed by atoms with Crippen LogP contribution in [-0.4, -0.2) is 47.4 Å². The molecule has 1 aliphatic rings. The van der Waals surface area contributed by atoms with Crippen molar-refractivity contribution < 1.29 is 23.9 Å². The third kappa shape index (κ3) is 3.72. The molecule has 0 saturated carbocycles. The molecule has 142 valence electrons. The van der Waals surface area contributed by atoms with Crippen LogP contribution in [0, 0.1) is 6.92 Å². The number of esters is 1. The summed E-state index contributed by atoms with van der Waals surface area (Å²) in [4.78, 5) is 50.5. The van der Waals surface area contributed by atoms with Crippen LogP contribution < -0.4 is 10.6 Å². The van der Waals surface area contributed by atoms with Crippen LogP contribution in [0.15, 0.2) is 0 Å². The van der Waals surface area contributed by atoms with Crippen LogP contribution in [0.4, 0.5) is 9.80 Å². The van der Waals surface area contributed by atoms with Crippen molar-refractivity contribution in [1.82, 2.24) is 10.2 Å². The molecule has 0 aliphatic carbocycles. The summed E-state index contributed by atoms with van der Waals surface area (Å²) in [6, 6.07) is -0.614. The number of hydrogen-bond donors (Lipinski definition) is 2. The minimum Gasteiger partial charge on any atom is -0.462 e. The van der Waals surface area contributed by atoms with Crippen LogP contribution in [0.1, 0.15) is 48.5 Å². The van der Waals surface area contributed by atoms with E-state index in [0.717, 1.165) is 15.3 Å². The molecule has 1 aromatic heterocycles. The number of rotatable bonds is 6. The molecule has 0 radical (unpaired) electrons. The molecular formula is C17H23N3O5S. The third-order valence-electron chi connectivity index (χ3n) is 4.05. The summed E-state index contributed by atoms with van der Waals surface area (Å²) < 4.78 is 5.07. The van der Waals surface area contributed by atoms with Crippen LogP contribution in [0.5, 0.6) is 0 Å². The fraction of sp³-hybridized carbons (Fsp3) is 0.529. The molecule has 1 fully saturated rings. The monoisotopic (exact) mass is 381 g/mol. The Morgan fingerprint density at radius 2 is 1.92 bits per heavy atom. The maximum atomic E-state index is 12.4. The molecule has 0 atom stereocenters. The molecule has 1 aromatic rings. The van der Waals surface area contributed by atoms with E-state index in [1.54, 1.807) is 27.7 Å². The van der Waals surface area contributed by atoms with E-state index in [1.807, 2.05) is 6.92 Å². The number of ether oxygens (including phenoxy) is 1. The number of urea groups is 1. The van der Waals surface area contributed by atoms with Gasteiger partial charge in [0.1, 0.15) is 17.1 Å². The molecule has 26 heavy (non-hydrogen) atoms. The Kier molecular flexibility index (Phi) is 5.70. The predicted octanol–water partition coefficient (Wildman–Crippen LogP) is 2.06. The van der Waals surface area contributed by atoms with Crippen LogP contribution in [0.3, 0.4) is 0 Å². The van der Waals surface area contributed by atoms with E-state index in [-0.39, 0.29) is 6.61 Å². The molecule has 1 saturated heterocycles. The fourth-order valence-electron chi connectivity index (χ4n) is 2.71. The van der Waals surface area contributed by atoms with Crippen LogP contribution in [0.25, 0.3) is 0 Å². The number of thiophene rings is 1. The lowest BCUT2D eigenvalue weighted by atomic mass is 10.1. The van der Waals surface area contributed by atoms with Crippen LogP contribution >= 0.6 is 11.3 Å². The second kappa shape index (κ2) is 7.45. The topological polar surface area (TPSA) is 105 Å². The molecule has 0 aromatic carbocycles. The molecule has 0 spiro atoms. The lowest BCUT2D eigenvalue weighted by Gasteiger charge is -2.15. The molecular weight excluding hydrogens is 358 g/mol. The number of anilines is 1. The van der Waals surface area contributed by atoms with E-state index in [9.17, 15) is 19.2 Å². The Hall–Kier alpha value is -2.42. The summed E-state index contributed by atoms with van der Waals surface area (Å²) >= 11 is 1.29. The normalized spacial score (nSPS) is 15.8. The van der Waals surface area contributed by atoms with Gasteiger partial charge in [-0.15, -0.1) is 11.3 Å². The van der Waals surface area contributed by atoms with Gasteiger partial charge in [0.15, 0.2) is 0 Å². The molecule has 0 bridgehead atoms. The van der Waals surface area contributed by atoms with Crippen molar-refractivity contribution in [2.45, 2.75) is 46.6 Å². The molecule has 0 unspecified atom stereocenters. The minimum atomic E-state index is -1.04. The predicted molar refractivity (Wildman–Crippen MR) is 97.3 cm³/mol. The maximum absolute atomic E-state index is 12.4. The van der Waals surface area contributed by atoms with Gasteiger partial charge in [-0.25, -0.2) is 9.59 Å². The Labute approximate surface area is 155 Å². The average molecular weight is 381 g/mol. The molecule has 2 N–H and O–H groups in total. The number of hydrogen-bond acceptors (Lipinski definition) is 6. The van der Waals surface area contributed by atoms with Gasteiger partial charge < -0.3 is 15.4 Å². The van der Waals surface area contributed by atoms with Crippen molar-refractivity contribution in [3.8, 4) is 0 Å². The van der Waals surface area contributed by atoms with Gasteiger partial charge in [0.25, 0.3) is 5.91 Å². The highest BCUT2D eigenvalue weighted by molar-refractivity contribution is 7.17. The van der Waals surface area contributed by atoms with E-state index in [4.69, 9.17) is 4.74 Å². The van der Waals surface area contributed by atoms with Gasteiger partial charge in [-0.3, -0.25) is 14.5 Å². The summed E-state index contributed by atoms with van der Waals surface area (Å²) in [7, 11) is 0. The summed E-state index contributed by atoms with van der Waals surface area (Å²) in [5, 5.41) is 5.53. The zero-order valence-corrected chi connectivity index (χ0v) is 16.3. The first-order chi connectivity index (χ1) is 12.1. The molecule has 8 nitrogen and oxygen atoms in total. The Balaban J connectivity index is 2.20. The maximum Gasteiger partial charge on any atom is 0.341 e. The summed E-state index contributed by atoms with van der Waals surface area (Å²) in [6.07, 6.45) is 0.708. The smallest absolute Gasteiger partial charge is 0.341 e. The van der Waals surface area contributed by atoms with E-state index < -0.39 is 35.9 Å². The average Bonchev–Trinajstić information content (AvgIpc) is 2.95. The molecule has 1 aliphatic heterocycles. The molecule has 4 amide bonds.